The fourth-order valence-corrected chi connectivity index (χ4v) is 2.25. The third kappa shape index (κ3) is 3.56. The molecule has 2 N–H and O–H groups in total. The van der Waals surface area contributed by atoms with Crippen molar-refractivity contribution < 1.29 is 4.79 Å². The van der Waals surface area contributed by atoms with E-state index in [0.717, 1.165) is 25.1 Å². The SMILES string of the molecule is CC1(CNC(=O)Cc2ccccc2)CCCN1. The molecule has 1 heterocycles. The quantitative estimate of drug-likeness (QED) is 0.825. The van der Waals surface area contributed by atoms with E-state index in [1.807, 2.05) is 30.3 Å². The largest absolute Gasteiger partial charge is 0.354 e. The maximum absolute atomic E-state index is 11.8. The van der Waals surface area contributed by atoms with Gasteiger partial charge in [0.15, 0.2) is 0 Å². The number of nitrogens with one attached hydrogen (secondary N) is 2. The van der Waals surface area contributed by atoms with Crippen LogP contribution in [-0.2, 0) is 11.2 Å². The number of carbonyl (C=O) groups excluding carboxylic acids is 1. The minimum Gasteiger partial charge on any atom is -0.354 e. The minimum absolute atomic E-state index is 0.0896. The summed E-state index contributed by atoms with van der Waals surface area (Å²) in [6.07, 6.45) is 2.81. The molecule has 2 rings (SSSR count). The second-order valence-electron chi connectivity index (χ2n) is 5.03. The van der Waals surface area contributed by atoms with Gasteiger partial charge in [-0.25, -0.2) is 0 Å². The summed E-state index contributed by atoms with van der Waals surface area (Å²) in [5.74, 6) is 0.103. The van der Waals surface area contributed by atoms with Crippen molar-refractivity contribution in [3.8, 4) is 0 Å². The number of benzene rings is 1. The molecule has 0 spiro atoms. The Bertz CT molecular complexity index is 369. The second-order valence-corrected chi connectivity index (χ2v) is 5.03. The lowest BCUT2D eigenvalue weighted by molar-refractivity contribution is -0.120. The van der Waals surface area contributed by atoms with Crippen LogP contribution in [-0.4, -0.2) is 24.5 Å². The standard InChI is InChI=1S/C14H20N2O/c1-14(8-5-9-16-14)11-15-13(17)10-12-6-3-2-4-7-12/h2-4,6-7,16H,5,8-11H2,1H3,(H,15,17). The monoisotopic (exact) mass is 232 g/mol. The van der Waals surface area contributed by atoms with Crippen molar-refractivity contribution in [2.45, 2.75) is 31.7 Å². The summed E-state index contributed by atoms with van der Waals surface area (Å²) < 4.78 is 0. The molecule has 0 bridgehead atoms. The molecule has 1 amide bonds. The van der Waals surface area contributed by atoms with E-state index < -0.39 is 0 Å². The van der Waals surface area contributed by atoms with Crippen LogP contribution in [0, 0.1) is 0 Å². The van der Waals surface area contributed by atoms with Crippen LogP contribution in [0.1, 0.15) is 25.3 Å². The fourth-order valence-electron chi connectivity index (χ4n) is 2.25. The highest BCUT2D eigenvalue weighted by molar-refractivity contribution is 5.78. The van der Waals surface area contributed by atoms with E-state index in [-0.39, 0.29) is 11.4 Å². The van der Waals surface area contributed by atoms with Crippen LogP contribution in [0.25, 0.3) is 0 Å². The van der Waals surface area contributed by atoms with E-state index in [1.54, 1.807) is 0 Å². The summed E-state index contributed by atoms with van der Waals surface area (Å²) in [4.78, 5) is 11.8. The number of rotatable bonds is 4. The van der Waals surface area contributed by atoms with Crippen molar-refractivity contribution in [1.82, 2.24) is 10.6 Å². The first-order valence-electron chi connectivity index (χ1n) is 6.24. The molecule has 17 heavy (non-hydrogen) atoms. The second kappa shape index (κ2) is 5.32. The Morgan fingerprint density at radius 2 is 2.18 bits per heavy atom. The van der Waals surface area contributed by atoms with Gasteiger partial charge in [0, 0.05) is 12.1 Å². The average Bonchev–Trinajstić information content (AvgIpc) is 2.76. The maximum Gasteiger partial charge on any atom is 0.224 e. The first-order valence-corrected chi connectivity index (χ1v) is 6.24. The molecule has 3 heteroatoms. The third-order valence-corrected chi connectivity index (χ3v) is 3.34. The van der Waals surface area contributed by atoms with Gasteiger partial charge in [-0.05, 0) is 31.9 Å². The van der Waals surface area contributed by atoms with E-state index in [4.69, 9.17) is 0 Å². The van der Waals surface area contributed by atoms with Crippen LogP contribution in [0.15, 0.2) is 30.3 Å². The van der Waals surface area contributed by atoms with Crippen molar-refractivity contribution in [3.05, 3.63) is 35.9 Å². The van der Waals surface area contributed by atoms with Gasteiger partial charge in [0.1, 0.15) is 0 Å². The number of hydrogen-bond donors (Lipinski definition) is 2. The predicted octanol–water partition coefficient (Wildman–Crippen LogP) is 1.49. The van der Waals surface area contributed by atoms with Crippen molar-refractivity contribution in [2.75, 3.05) is 13.1 Å². The maximum atomic E-state index is 11.8. The van der Waals surface area contributed by atoms with Gasteiger partial charge >= 0.3 is 0 Å². The van der Waals surface area contributed by atoms with Crippen molar-refractivity contribution in [3.63, 3.8) is 0 Å². The van der Waals surface area contributed by atoms with Crippen LogP contribution in [0.5, 0.6) is 0 Å². The van der Waals surface area contributed by atoms with Crippen LogP contribution < -0.4 is 10.6 Å². The third-order valence-electron chi connectivity index (χ3n) is 3.34. The van der Waals surface area contributed by atoms with Gasteiger partial charge in [-0.2, -0.15) is 0 Å². The van der Waals surface area contributed by atoms with Crippen LogP contribution in [0.4, 0.5) is 0 Å². The van der Waals surface area contributed by atoms with Crippen LogP contribution in [0.3, 0.4) is 0 Å². The predicted molar refractivity (Wildman–Crippen MR) is 68.8 cm³/mol. The molecule has 1 aromatic rings. The first kappa shape index (κ1) is 12.1. The van der Waals surface area contributed by atoms with Crippen molar-refractivity contribution >= 4 is 5.91 Å². The molecule has 0 radical (unpaired) electrons. The van der Waals surface area contributed by atoms with Gasteiger partial charge < -0.3 is 10.6 Å². The summed E-state index contributed by atoms with van der Waals surface area (Å²) in [5.41, 5.74) is 1.15. The van der Waals surface area contributed by atoms with Gasteiger partial charge in [0.2, 0.25) is 5.91 Å². The van der Waals surface area contributed by atoms with Gasteiger partial charge in [-0.3, -0.25) is 4.79 Å². The van der Waals surface area contributed by atoms with Gasteiger partial charge in [-0.1, -0.05) is 30.3 Å². The van der Waals surface area contributed by atoms with Crippen molar-refractivity contribution in [2.24, 2.45) is 0 Å². The Morgan fingerprint density at radius 1 is 1.41 bits per heavy atom. The normalized spacial score (nSPS) is 23.6. The van der Waals surface area contributed by atoms with E-state index in [0.29, 0.717) is 6.42 Å². The Hall–Kier alpha value is -1.35. The van der Waals surface area contributed by atoms with E-state index in [9.17, 15) is 4.79 Å². The van der Waals surface area contributed by atoms with E-state index in [2.05, 4.69) is 17.6 Å². The molecular formula is C14H20N2O. The summed E-state index contributed by atoms with van der Waals surface area (Å²) in [7, 11) is 0. The topological polar surface area (TPSA) is 41.1 Å². The molecule has 1 aliphatic rings. The lowest BCUT2D eigenvalue weighted by atomic mass is 10.0. The highest BCUT2D eigenvalue weighted by atomic mass is 16.1. The zero-order valence-electron chi connectivity index (χ0n) is 10.3. The summed E-state index contributed by atoms with van der Waals surface area (Å²) in [5, 5.41) is 6.45. The van der Waals surface area contributed by atoms with Gasteiger partial charge in [0.05, 0.1) is 6.42 Å². The molecule has 0 saturated carbocycles. The summed E-state index contributed by atoms with van der Waals surface area (Å²) in [6.45, 7) is 3.95. The molecule has 0 aliphatic carbocycles. The molecule has 92 valence electrons. The summed E-state index contributed by atoms with van der Waals surface area (Å²) >= 11 is 0. The molecule has 3 nitrogen and oxygen atoms in total. The zero-order valence-corrected chi connectivity index (χ0v) is 10.3. The first-order chi connectivity index (χ1) is 8.18. The number of hydrogen-bond acceptors (Lipinski definition) is 2. The molecule has 1 aromatic carbocycles. The minimum atomic E-state index is 0.0896. The lowest BCUT2D eigenvalue weighted by Crippen LogP contribution is -2.47. The highest BCUT2D eigenvalue weighted by Gasteiger charge is 2.27. The molecule has 1 saturated heterocycles. The Kier molecular flexibility index (Phi) is 3.79. The van der Waals surface area contributed by atoms with Crippen LogP contribution >= 0.6 is 0 Å². The molecule has 1 unspecified atom stereocenters. The van der Waals surface area contributed by atoms with E-state index >= 15 is 0 Å². The molecule has 1 fully saturated rings. The number of amides is 1. The Labute approximate surface area is 103 Å². The van der Waals surface area contributed by atoms with Gasteiger partial charge in [-0.15, -0.1) is 0 Å². The smallest absolute Gasteiger partial charge is 0.224 e. The molecule has 1 aliphatic heterocycles. The van der Waals surface area contributed by atoms with E-state index in [1.165, 1.54) is 6.42 Å². The molecular weight excluding hydrogens is 212 g/mol. The fraction of sp³-hybridized carbons (Fsp3) is 0.500. The van der Waals surface area contributed by atoms with Crippen molar-refractivity contribution in [1.29, 1.82) is 0 Å². The average molecular weight is 232 g/mol. The Balaban J connectivity index is 1.78. The molecule has 1 atom stereocenters. The number of carbonyl (C=O) groups is 1. The molecule has 0 aromatic heterocycles. The zero-order chi connectivity index (χ0) is 12.1. The Morgan fingerprint density at radius 3 is 2.82 bits per heavy atom. The lowest BCUT2D eigenvalue weighted by Gasteiger charge is -2.24. The van der Waals surface area contributed by atoms with Crippen LogP contribution in [0.2, 0.25) is 0 Å². The van der Waals surface area contributed by atoms with Gasteiger partial charge in [0.25, 0.3) is 0 Å². The summed E-state index contributed by atoms with van der Waals surface area (Å²) in [6, 6.07) is 9.85. The highest BCUT2D eigenvalue weighted by Crippen LogP contribution is 2.17.